The van der Waals surface area contributed by atoms with Crippen molar-refractivity contribution in [1.29, 1.82) is 0 Å². The summed E-state index contributed by atoms with van der Waals surface area (Å²) >= 11 is 7.49. The molecule has 8 heteroatoms. The molecular weight excluding hydrogens is 381 g/mol. The third kappa shape index (κ3) is 5.19. The highest BCUT2D eigenvalue weighted by Gasteiger charge is 2.17. The van der Waals surface area contributed by atoms with Gasteiger partial charge in [-0.2, -0.15) is 0 Å². The van der Waals surface area contributed by atoms with E-state index in [0.29, 0.717) is 21.2 Å². The molecule has 2 aromatic rings. The van der Waals surface area contributed by atoms with Crippen molar-refractivity contribution in [3.05, 3.63) is 51.2 Å². The van der Waals surface area contributed by atoms with E-state index >= 15 is 0 Å². The van der Waals surface area contributed by atoms with Gasteiger partial charge in [0.05, 0.1) is 15.6 Å². The average Bonchev–Trinajstić information content (AvgIpc) is 3.12. The standard InChI is InChI=1S/C17H18ClN3O2S.ClH/c18-13-6-5-11(16(22)20-12-3-1-7-19-10-12)9-14(13)21-17(23)15-4-2-8-24-15;/h2,4-6,8-9,12,19H,1,3,7,10H2,(H,20,22)(H,21,23);1H. The van der Waals surface area contributed by atoms with Crippen LogP contribution in [0.1, 0.15) is 32.9 Å². The van der Waals surface area contributed by atoms with Crippen LogP contribution in [0.3, 0.4) is 0 Å². The Morgan fingerprint density at radius 1 is 1.24 bits per heavy atom. The highest BCUT2D eigenvalue weighted by Crippen LogP contribution is 2.24. The largest absolute Gasteiger partial charge is 0.348 e. The Labute approximate surface area is 161 Å². The number of piperidine rings is 1. The van der Waals surface area contributed by atoms with Crippen molar-refractivity contribution in [3.63, 3.8) is 0 Å². The number of halogens is 2. The highest BCUT2D eigenvalue weighted by atomic mass is 35.5. The van der Waals surface area contributed by atoms with Gasteiger partial charge < -0.3 is 16.0 Å². The second kappa shape index (κ2) is 9.20. The number of benzene rings is 1. The van der Waals surface area contributed by atoms with E-state index in [4.69, 9.17) is 11.6 Å². The number of thiophene rings is 1. The van der Waals surface area contributed by atoms with E-state index in [9.17, 15) is 9.59 Å². The molecule has 1 unspecified atom stereocenters. The molecule has 0 radical (unpaired) electrons. The van der Waals surface area contributed by atoms with E-state index in [1.807, 2.05) is 11.4 Å². The van der Waals surface area contributed by atoms with Gasteiger partial charge in [0, 0.05) is 18.2 Å². The Balaban J connectivity index is 0.00000225. The summed E-state index contributed by atoms with van der Waals surface area (Å²) in [6, 6.07) is 8.57. The van der Waals surface area contributed by atoms with Gasteiger partial charge in [-0.15, -0.1) is 23.7 Å². The topological polar surface area (TPSA) is 70.2 Å². The van der Waals surface area contributed by atoms with Crippen LogP contribution in [0, 0.1) is 0 Å². The molecule has 1 atom stereocenters. The van der Waals surface area contributed by atoms with Crippen LogP contribution >= 0.6 is 35.3 Å². The van der Waals surface area contributed by atoms with Crippen LogP contribution < -0.4 is 16.0 Å². The molecule has 1 aliphatic rings. The van der Waals surface area contributed by atoms with Gasteiger partial charge in [-0.05, 0) is 49.0 Å². The normalized spacial score (nSPS) is 16.6. The van der Waals surface area contributed by atoms with Crippen LogP contribution in [0.25, 0.3) is 0 Å². The van der Waals surface area contributed by atoms with E-state index < -0.39 is 0 Å². The molecule has 1 saturated heterocycles. The second-order valence-electron chi connectivity index (χ2n) is 5.64. The average molecular weight is 400 g/mol. The van der Waals surface area contributed by atoms with E-state index in [2.05, 4.69) is 16.0 Å². The SMILES string of the molecule is Cl.O=C(NC1CCCNC1)c1ccc(Cl)c(NC(=O)c2cccs2)c1. The third-order valence-electron chi connectivity index (χ3n) is 3.85. The van der Waals surface area contributed by atoms with E-state index in [-0.39, 0.29) is 30.3 Å². The quantitative estimate of drug-likeness (QED) is 0.735. The maximum Gasteiger partial charge on any atom is 0.265 e. The van der Waals surface area contributed by atoms with Crippen LogP contribution in [0.15, 0.2) is 35.7 Å². The third-order valence-corrected chi connectivity index (χ3v) is 5.05. The van der Waals surface area contributed by atoms with Crippen molar-refractivity contribution in [3.8, 4) is 0 Å². The number of hydrogen-bond donors (Lipinski definition) is 3. The van der Waals surface area contributed by atoms with Gasteiger partial charge in [-0.1, -0.05) is 17.7 Å². The first-order chi connectivity index (χ1) is 11.6. The van der Waals surface area contributed by atoms with Crippen LogP contribution in [0.5, 0.6) is 0 Å². The lowest BCUT2D eigenvalue weighted by atomic mass is 10.1. The van der Waals surface area contributed by atoms with E-state index in [1.54, 1.807) is 24.3 Å². The molecule has 3 rings (SSSR count). The molecule has 25 heavy (non-hydrogen) atoms. The van der Waals surface area contributed by atoms with Gasteiger partial charge in [-0.3, -0.25) is 9.59 Å². The molecule has 134 valence electrons. The Morgan fingerprint density at radius 2 is 2.08 bits per heavy atom. The van der Waals surface area contributed by atoms with Gasteiger partial charge in [0.1, 0.15) is 0 Å². The maximum absolute atomic E-state index is 12.4. The minimum Gasteiger partial charge on any atom is -0.348 e. The summed E-state index contributed by atoms with van der Waals surface area (Å²) in [5.41, 5.74) is 0.913. The summed E-state index contributed by atoms with van der Waals surface area (Å²) in [4.78, 5) is 25.1. The Kier molecular flexibility index (Phi) is 7.25. The molecule has 1 aromatic carbocycles. The lowest BCUT2D eigenvalue weighted by molar-refractivity contribution is 0.0929. The molecular formula is C17H19Cl2N3O2S. The summed E-state index contributed by atoms with van der Waals surface area (Å²) in [6.45, 7) is 1.77. The predicted octanol–water partition coefficient (Wildman–Crippen LogP) is 3.56. The maximum atomic E-state index is 12.4. The molecule has 0 bridgehead atoms. The first-order valence-corrected chi connectivity index (χ1v) is 9.05. The summed E-state index contributed by atoms with van der Waals surface area (Å²) in [7, 11) is 0. The smallest absolute Gasteiger partial charge is 0.265 e. The van der Waals surface area contributed by atoms with E-state index in [0.717, 1.165) is 25.9 Å². The molecule has 1 aromatic heterocycles. The highest BCUT2D eigenvalue weighted by molar-refractivity contribution is 7.12. The summed E-state index contributed by atoms with van der Waals surface area (Å²) < 4.78 is 0. The summed E-state index contributed by atoms with van der Waals surface area (Å²) in [5, 5.41) is 11.3. The fraction of sp³-hybridized carbons (Fsp3) is 0.294. The first kappa shape index (κ1) is 19.7. The summed E-state index contributed by atoms with van der Waals surface area (Å²) in [5.74, 6) is -0.395. The second-order valence-corrected chi connectivity index (χ2v) is 7.00. The van der Waals surface area contributed by atoms with Gasteiger partial charge in [0.2, 0.25) is 0 Å². The van der Waals surface area contributed by atoms with Gasteiger partial charge in [-0.25, -0.2) is 0 Å². The van der Waals surface area contributed by atoms with Crippen molar-refractivity contribution >= 4 is 52.8 Å². The molecule has 3 N–H and O–H groups in total. The van der Waals surface area contributed by atoms with Gasteiger partial charge in [0.25, 0.3) is 11.8 Å². The van der Waals surface area contributed by atoms with Gasteiger partial charge in [0.15, 0.2) is 0 Å². The molecule has 0 spiro atoms. The number of amides is 2. The van der Waals surface area contributed by atoms with Crippen molar-refractivity contribution in [2.45, 2.75) is 18.9 Å². The molecule has 0 aliphatic carbocycles. The molecule has 2 heterocycles. The number of rotatable bonds is 4. The predicted molar refractivity (Wildman–Crippen MR) is 104 cm³/mol. The van der Waals surface area contributed by atoms with Crippen molar-refractivity contribution in [2.24, 2.45) is 0 Å². The minimum absolute atomic E-state index is 0. The zero-order valence-corrected chi connectivity index (χ0v) is 15.8. The summed E-state index contributed by atoms with van der Waals surface area (Å²) in [6.07, 6.45) is 2.02. The zero-order valence-electron chi connectivity index (χ0n) is 13.4. The van der Waals surface area contributed by atoms with Crippen LogP contribution in [-0.2, 0) is 0 Å². The minimum atomic E-state index is -0.235. The number of hydrogen-bond acceptors (Lipinski definition) is 4. The van der Waals surface area contributed by atoms with Crippen LogP contribution in [0.2, 0.25) is 5.02 Å². The number of carbonyl (C=O) groups is 2. The van der Waals surface area contributed by atoms with Crippen molar-refractivity contribution in [2.75, 3.05) is 18.4 Å². The fourth-order valence-corrected chi connectivity index (χ4v) is 3.38. The molecule has 5 nitrogen and oxygen atoms in total. The Morgan fingerprint density at radius 3 is 2.76 bits per heavy atom. The molecule has 0 saturated carbocycles. The first-order valence-electron chi connectivity index (χ1n) is 7.79. The van der Waals surface area contributed by atoms with Gasteiger partial charge >= 0.3 is 0 Å². The number of anilines is 1. The lowest BCUT2D eigenvalue weighted by Crippen LogP contribution is -2.45. The van der Waals surface area contributed by atoms with Crippen LogP contribution in [0.4, 0.5) is 5.69 Å². The zero-order chi connectivity index (χ0) is 16.9. The monoisotopic (exact) mass is 399 g/mol. The Bertz CT molecular complexity index is 731. The van der Waals surface area contributed by atoms with Crippen molar-refractivity contribution in [1.82, 2.24) is 10.6 Å². The number of nitrogens with one attached hydrogen (secondary N) is 3. The van der Waals surface area contributed by atoms with Crippen molar-refractivity contribution < 1.29 is 9.59 Å². The van der Waals surface area contributed by atoms with Crippen LogP contribution in [-0.4, -0.2) is 30.9 Å². The van der Waals surface area contributed by atoms with E-state index in [1.165, 1.54) is 11.3 Å². The molecule has 1 aliphatic heterocycles. The number of carbonyl (C=O) groups excluding carboxylic acids is 2. The molecule has 2 amide bonds. The Hall–Kier alpha value is -1.60. The fourth-order valence-electron chi connectivity index (χ4n) is 2.60. The lowest BCUT2D eigenvalue weighted by Gasteiger charge is -2.23. The molecule has 1 fully saturated rings.